The summed E-state index contributed by atoms with van der Waals surface area (Å²) in [6.45, 7) is 3.99. The van der Waals surface area contributed by atoms with Gasteiger partial charge in [-0.1, -0.05) is 43.8 Å². The summed E-state index contributed by atoms with van der Waals surface area (Å²) < 4.78 is 0. The number of aromatic nitrogens is 3. The number of amides is 2. The normalized spacial score (nSPS) is 20.0. The Labute approximate surface area is 198 Å². The van der Waals surface area contributed by atoms with E-state index in [2.05, 4.69) is 20.5 Å². The number of hydrogen-bond donors (Lipinski definition) is 4. The highest BCUT2D eigenvalue weighted by Gasteiger charge is 2.54. The maximum absolute atomic E-state index is 12.8. The van der Waals surface area contributed by atoms with E-state index in [-0.39, 0.29) is 23.9 Å². The van der Waals surface area contributed by atoms with Crippen LogP contribution in [-0.4, -0.2) is 65.9 Å². The molecule has 0 radical (unpaired) electrons. The van der Waals surface area contributed by atoms with E-state index in [1.54, 1.807) is 24.3 Å². The van der Waals surface area contributed by atoms with Crippen LogP contribution in [0.1, 0.15) is 31.2 Å². The molecule has 2 aliphatic rings. The molecule has 5 N–H and O–H groups in total. The summed E-state index contributed by atoms with van der Waals surface area (Å²) in [6, 6.07) is 6.27. The van der Waals surface area contributed by atoms with Crippen molar-refractivity contribution in [1.82, 2.24) is 25.4 Å². The van der Waals surface area contributed by atoms with Crippen LogP contribution in [0.4, 0.5) is 5.69 Å². The number of carbonyl (C=O) groups excluding carboxylic acids is 2. The number of thioether (sulfide) groups is 2. The van der Waals surface area contributed by atoms with Gasteiger partial charge < -0.3 is 16.2 Å². The maximum Gasteiger partial charge on any atom is 0.352 e. The summed E-state index contributed by atoms with van der Waals surface area (Å²) >= 11 is 2.75. The molecule has 0 spiro atoms. The number of fused-ring (bicyclic) bond motifs is 1. The Bertz CT molecular complexity index is 1130. The Hall–Kier alpha value is -2.99. The number of para-hydroxylation sites is 1. The van der Waals surface area contributed by atoms with Crippen LogP contribution in [-0.2, 0) is 20.8 Å². The van der Waals surface area contributed by atoms with Crippen LogP contribution < -0.4 is 11.1 Å². The first-order valence-corrected chi connectivity index (χ1v) is 12.4. The monoisotopic (exact) mass is 488 g/mol. The molecule has 2 amide bonds. The number of carbonyl (C=O) groups is 3. The van der Waals surface area contributed by atoms with Gasteiger partial charge >= 0.3 is 5.97 Å². The molecule has 1 fully saturated rings. The first-order chi connectivity index (χ1) is 15.8. The second kappa shape index (κ2) is 9.48. The minimum absolute atomic E-state index is 0.0197. The largest absolute Gasteiger partial charge is 0.477 e. The smallest absolute Gasteiger partial charge is 0.352 e. The molecule has 0 aliphatic carbocycles. The van der Waals surface area contributed by atoms with Crippen LogP contribution in [0.25, 0.3) is 0 Å². The number of nitrogens with two attached hydrogens (primary N) is 1. The van der Waals surface area contributed by atoms with Crippen molar-refractivity contribution in [2.24, 2.45) is 0 Å². The topological polar surface area (TPSA) is 154 Å². The molecule has 4 rings (SSSR count). The number of carboxylic acid groups (broad SMARTS) is 1. The first kappa shape index (κ1) is 23.2. The number of nitrogens with zero attached hydrogens (tertiary/aromatic N) is 3. The number of aromatic amines is 1. The number of nitrogen functional groups attached to an aromatic ring is 1. The van der Waals surface area contributed by atoms with Gasteiger partial charge in [-0.2, -0.15) is 0 Å². The zero-order valence-electron chi connectivity index (χ0n) is 18.1. The van der Waals surface area contributed by atoms with Crippen LogP contribution in [0.5, 0.6) is 0 Å². The Morgan fingerprint density at radius 2 is 2.15 bits per heavy atom. The molecule has 1 saturated heterocycles. The van der Waals surface area contributed by atoms with Crippen LogP contribution in [0.3, 0.4) is 0 Å². The van der Waals surface area contributed by atoms with E-state index >= 15 is 0 Å². The molecular weight excluding hydrogens is 464 g/mol. The van der Waals surface area contributed by atoms with Gasteiger partial charge in [-0.25, -0.2) is 9.78 Å². The summed E-state index contributed by atoms with van der Waals surface area (Å²) in [6.07, 6.45) is 0.0480. The van der Waals surface area contributed by atoms with E-state index in [1.807, 2.05) is 13.8 Å². The Kier molecular flexibility index (Phi) is 6.66. The quantitative estimate of drug-likeness (QED) is 0.246. The second-order valence-corrected chi connectivity index (χ2v) is 10.1. The molecule has 174 valence electrons. The van der Waals surface area contributed by atoms with Gasteiger partial charge in [0.1, 0.15) is 22.9 Å². The molecule has 2 aliphatic heterocycles. The second-order valence-electron chi connectivity index (χ2n) is 8.03. The van der Waals surface area contributed by atoms with Crippen molar-refractivity contribution in [1.29, 1.82) is 0 Å². The average molecular weight is 489 g/mol. The van der Waals surface area contributed by atoms with Crippen molar-refractivity contribution in [3.05, 3.63) is 46.9 Å². The van der Waals surface area contributed by atoms with Crippen LogP contribution in [0.2, 0.25) is 0 Å². The number of anilines is 1. The van der Waals surface area contributed by atoms with Crippen molar-refractivity contribution in [2.75, 3.05) is 17.2 Å². The fourth-order valence-corrected chi connectivity index (χ4v) is 5.91. The van der Waals surface area contributed by atoms with Crippen molar-refractivity contribution < 1.29 is 19.5 Å². The lowest BCUT2D eigenvalue weighted by atomic mass is 10.0. The minimum atomic E-state index is -1.16. The van der Waals surface area contributed by atoms with Gasteiger partial charge in [-0.15, -0.1) is 16.9 Å². The molecular formula is C21H24N6O4S2. The Morgan fingerprint density at radius 1 is 1.39 bits per heavy atom. The predicted octanol–water partition coefficient (Wildman–Crippen LogP) is 1.58. The molecule has 1 aromatic carbocycles. The highest BCUT2D eigenvalue weighted by atomic mass is 32.2. The number of aliphatic carboxylic acids is 1. The number of β-lactam (4-membered cyclic amide) rings is 1. The molecule has 2 aromatic rings. The molecule has 0 saturated carbocycles. The third kappa shape index (κ3) is 4.71. The van der Waals surface area contributed by atoms with E-state index in [0.29, 0.717) is 33.5 Å². The van der Waals surface area contributed by atoms with Crippen molar-refractivity contribution in [3.63, 3.8) is 0 Å². The van der Waals surface area contributed by atoms with E-state index < -0.39 is 23.3 Å². The number of benzene rings is 1. The number of carboxylic acids is 1. The minimum Gasteiger partial charge on any atom is -0.477 e. The fourth-order valence-electron chi connectivity index (χ4n) is 3.62. The lowest BCUT2D eigenvalue weighted by Gasteiger charge is -2.49. The lowest BCUT2D eigenvalue weighted by molar-refractivity contribution is -0.150. The molecule has 33 heavy (non-hydrogen) atoms. The van der Waals surface area contributed by atoms with Gasteiger partial charge in [0, 0.05) is 23.1 Å². The molecule has 12 heteroatoms. The Balaban J connectivity index is 1.42. The van der Waals surface area contributed by atoms with E-state index in [0.717, 1.165) is 5.82 Å². The van der Waals surface area contributed by atoms with Gasteiger partial charge in [0.15, 0.2) is 0 Å². The fraction of sp³-hybridized carbons (Fsp3) is 0.381. The average Bonchev–Trinajstić information content (AvgIpc) is 3.26. The zero-order chi connectivity index (χ0) is 23.7. The summed E-state index contributed by atoms with van der Waals surface area (Å²) in [7, 11) is 0. The van der Waals surface area contributed by atoms with Gasteiger partial charge in [-0.3, -0.25) is 19.6 Å². The predicted molar refractivity (Wildman–Crippen MR) is 125 cm³/mol. The van der Waals surface area contributed by atoms with E-state index in [1.165, 1.54) is 28.4 Å². The van der Waals surface area contributed by atoms with Crippen molar-refractivity contribution in [3.8, 4) is 0 Å². The van der Waals surface area contributed by atoms with Gasteiger partial charge in [-0.05, 0) is 17.2 Å². The standard InChI is InChI=1S/C21H24N6O4S2/c1-10(2)17-24-21(26-25-17)33-9-12-8-32-19-15(18(29)27(19)16(12)20(30)31)23-14(28)7-11-5-3-4-6-13(11)22/h3-6,10,15,19H,7-9,22H2,1-2H3,(H,23,28)(H,30,31)(H,24,25,26)/t15?,19-/m1/s1. The van der Waals surface area contributed by atoms with Gasteiger partial charge in [0.25, 0.3) is 5.91 Å². The molecule has 1 unspecified atom stereocenters. The van der Waals surface area contributed by atoms with Crippen molar-refractivity contribution in [2.45, 2.75) is 42.8 Å². The van der Waals surface area contributed by atoms with E-state index in [4.69, 9.17) is 5.73 Å². The van der Waals surface area contributed by atoms with Gasteiger partial charge in [0.2, 0.25) is 11.1 Å². The summed E-state index contributed by atoms with van der Waals surface area (Å²) in [5, 5.41) is 19.6. The van der Waals surface area contributed by atoms with E-state index in [9.17, 15) is 19.5 Å². The maximum atomic E-state index is 12.8. The van der Waals surface area contributed by atoms with Gasteiger partial charge in [0.05, 0.1) is 6.42 Å². The molecule has 2 atom stereocenters. The summed E-state index contributed by atoms with van der Waals surface area (Å²) in [5.41, 5.74) is 7.67. The van der Waals surface area contributed by atoms with Crippen LogP contribution in [0.15, 0.2) is 40.7 Å². The third-order valence-corrected chi connectivity index (χ3v) is 7.65. The first-order valence-electron chi connectivity index (χ1n) is 10.3. The highest BCUT2D eigenvalue weighted by molar-refractivity contribution is 8.01. The molecule has 0 bridgehead atoms. The summed E-state index contributed by atoms with van der Waals surface area (Å²) in [5.74, 6) is -0.176. The third-order valence-electron chi connectivity index (χ3n) is 5.38. The lowest BCUT2D eigenvalue weighted by Crippen LogP contribution is -2.70. The number of rotatable bonds is 8. The number of nitrogens with one attached hydrogen (secondary N) is 2. The van der Waals surface area contributed by atoms with Crippen LogP contribution in [0, 0.1) is 0 Å². The molecule has 1 aromatic heterocycles. The number of H-pyrrole nitrogens is 1. The van der Waals surface area contributed by atoms with Crippen molar-refractivity contribution >= 4 is 47.0 Å². The molecule has 10 nitrogen and oxygen atoms in total. The molecule has 3 heterocycles. The Morgan fingerprint density at radius 3 is 2.82 bits per heavy atom. The summed E-state index contributed by atoms with van der Waals surface area (Å²) in [4.78, 5) is 43.0. The zero-order valence-corrected chi connectivity index (χ0v) is 19.7. The SMILES string of the molecule is CC(C)c1nc(SCC2=C(C(=O)O)N3C(=O)C(NC(=O)Cc4ccccc4N)[C@H]3SC2)n[nH]1. The van der Waals surface area contributed by atoms with Crippen LogP contribution >= 0.6 is 23.5 Å². The number of hydrogen-bond acceptors (Lipinski definition) is 8. The highest BCUT2D eigenvalue weighted by Crippen LogP contribution is 2.41.